The van der Waals surface area contributed by atoms with Crippen LogP contribution in [0.15, 0.2) is 53.1 Å². The second-order valence-electron chi connectivity index (χ2n) is 13.2. The molecule has 0 saturated carbocycles. The lowest BCUT2D eigenvalue weighted by atomic mass is 9.80. The molecule has 2 fully saturated rings. The Morgan fingerprint density at radius 1 is 1.12 bits per heavy atom. The first kappa shape index (κ1) is 32.8. The molecule has 2 aliphatic rings. The van der Waals surface area contributed by atoms with Gasteiger partial charge in [-0.1, -0.05) is 49.7 Å². The van der Waals surface area contributed by atoms with E-state index in [4.69, 9.17) is 20.9 Å². The second-order valence-corrected chi connectivity index (χ2v) is 13.7. The number of amides is 1. The Balaban J connectivity index is 0.000000324. The number of carbonyl (C=O) groups is 2. The summed E-state index contributed by atoms with van der Waals surface area (Å²) in [5.74, 6) is -2.03. The third-order valence-electron chi connectivity index (χ3n) is 7.80. The molecule has 0 spiro atoms. The maximum absolute atomic E-state index is 14.0. The third-order valence-corrected chi connectivity index (χ3v) is 8.03. The van der Waals surface area contributed by atoms with E-state index in [2.05, 4.69) is 56.1 Å². The van der Waals surface area contributed by atoms with E-state index >= 15 is 0 Å². The van der Waals surface area contributed by atoms with Crippen molar-refractivity contribution in [3.8, 4) is 11.3 Å². The highest BCUT2D eigenvalue weighted by Gasteiger charge is 2.49. The molecule has 2 saturated heterocycles. The molecular weight excluding hydrogens is 576 g/mol. The molecule has 3 heterocycles. The number of ether oxygens (including phenoxy) is 1. The molecule has 1 atom stereocenters. The van der Waals surface area contributed by atoms with E-state index in [9.17, 15) is 18.4 Å². The Labute approximate surface area is 256 Å². The second kappa shape index (κ2) is 12.8. The first-order valence-corrected chi connectivity index (χ1v) is 14.8. The number of likely N-dealkylation sites (tertiary alicyclic amines) is 1. The summed E-state index contributed by atoms with van der Waals surface area (Å²) in [6.45, 7) is 14.0. The topological polar surface area (TPSA) is 84.7 Å². The number of hydrogen-bond acceptors (Lipinski definition) is 6. The van der Waals surface area contributed by atoms with Crippen LogP contribution in [0.1, 0.15) is 76.9 Å². The molecule has 3 aromatic rings. The molecule has 232 valence electrons. The van der Waals surface area contributed by atoms with Crippen molar-refractivity contribution in [2.24, 2.45) is 0 Å². The Bertz CT molecular complexity index is 1460. The molecule has 0 bridgehead atoms. The summed E-state index contributed by atoms with van der Waals surface area (Å²) in [7, 11) is 0. The number of nitrogens with zero attached hydrogens (tertiary/aromatic N) is 2. The Kier molecular flexibility index (Phi) is 9.79. The van der Waals surface area contributed by atoms with Crippen LogP contribution in [-0.2, 0) is 14.9 Å². The first-order chi connectivity index (χ1) is 20.1. The summed E-state index contributed by atoms with van der Waals surface area (Å²) in [5.41, 5.74) is 0.574. The van der Waals surface area contributed by atoms with Crippen LogP contribution >= 0.6 is 11.6 Å². The Morgan fingerprint density at radius 3 is 2.42 bits per heavy atom. The van der Waals surface area contributed by atoms with Gasteiger partial charge < -0.3 is 14.6 Å². The summed E-state index contributed by atoms with van der Waals surface area (Å²) < 4.78 is 38.1. The minimum absolute atomic E-state index is 0.00773. The maximum Gasteiger partial charge on any atom is 0.274 e. The molecule has 1 amide bonds. The molecular formula is C33H40ClF2N3O4. The van der Waals surface area contributed by atoms with Crippen LogP contribution in [0.25, 0.3) is 11.3 Å². The van der Waals surface area contributed by atoms with Gasteiger partial charge in [0.15, 0.2) is 11.5 Å². The van der Waals surface area contributed by atoms with Crippen molar-refractivity contribution >= 4 is 23.3 Å². The van der Waals surface area contributed by atoms with E-state index in [-0.39, 0.29) is 40.2 Å². The van der Waals surface area contributed by atoms with Gasteiger partial charge in [0.05, 0.1) is 16.7 Å². The van der Waals surface area contributed by atoms with Crippen molar-refractivity contribution < 1.29 is 27.6 Å². The van der Waals surface area contributed by atoms with Gasteiger partial charge >= 0.3 is 0 Å². The molecule has 1 unspecified atom stereocenters. The number of nitrogens with one attached hydrogen (secondary N) is 1. The normalized spacial score (nSPS) is 19.5. The highest BCUT2D eigenvalue weighted by atomic mass is 35.5. The lowest BCUT2D eigenvalue weighted by Gasteiger charge is -2.55. The summed E-state index contributed by atoms with van der Waals surface area (Å²) in [5, 5.41) is 7.51. The zero-order valence-electron chi connectivity index (χ0n) is 25.6. The van der Waals surface area contributed by atoms with E-state index < -0.39 is 23.1 Å². The molecule has 7 nitrogen and oxygen atoms in total. The van der Waals surface area contributed by atoms with E-state index in [1.54, 1.807) is 0 Å². The number of halogens is 3. The predicted molar refractivity (Wildman–Crippen MR) is 162 cm³/mol. The SMILES string of the molecule is CC(=O)CC1(NC(=O)c2cc(-c3ccc(F)cc3F)on2)CN(C2CCOC(C)(C)C2)C1.CC(C)(C)c1cccc(Cl)c1. The van der Waals surface area contributed by atoms with Crippen LogP contribution in [0.4, 0.5) is 8.78 Å². The molecule has 1 N–H and O–H groups in total. The van der Waals surface area contributed by atoms with Crippen LogP contribution in [0.3, 0.4) is 0 Å². The van der Waals surface area contributed by atoms with E-state index in [0.29, 0.717) is 25.7 Å². The third kappa shape index (κ3) is 8.49. The minimum Gasteiger partial charge on any atom is -0.375 e. The first-order valence-electron chi connectivity index (χ1n) is 14.4. The lowest BCUT2D eigenvalue weighted by molar-refractivity contribution is -0.125. The van der Waals surface area contributed by atoms with Crippen LogP contribution < -0.4 is 5.32 Å². The molecule has 5 rings (SSSR count). The van der Waals surface area contributed by atoms with Crippen molar-refractivity contribution in [1.29, 1.82) is 0 Å². The van der Waals surface area contributed by atoms with Gasteiger partial charge in [-0.2, -0.15) is 0 Å². The number of rotatable bonds is 6. The maximum atomic E-state index is 14.0. The van der Waals surface area contributed by atoms with Crippen LogP contribution in [-0.4, -0.2) is 58.6 Å². The van der Waals surface area contributed by atoms with Gasteiger partial charge in [-0.05, 0) is 68.9 Å². The van der Waals surface area contributed by atoms with Crippen molar-refractivity contribution in [3.63, 3.8) is 0 Å². The van der Waals surface area contributed by atoms with Crippen molar-refractivity contribution in [1.82, 2.24) is 15.4 Å². The number of carbonyl (C=O) groups excluding carboxylic acids is 2. The zero-order chi connectivity index (χ0) is 31.6. The molecule has 10 heteroatoms. The van der Waals surface area contributed by atoms with Crippen LogP contribution in [0.5, 0.6) is 0 Å². The molecule has 1 aromatic heterocycles. The van der Waals surface area contributed by atoms with Crippen LogP contribution in [0.2, 0.25) is 5.02 Å². The highest BCUT2D eigenvalue weighted by molar-refractivity contribution is 6.30. The molecule has 0 radical (unpaired) electrons. The van der Waals surface area contributed by atoms with Gasteiger partial charge in [0.1, 0.15) is 17.4 Å². The van der Waals surface area contributed by atoms with Gasteiger partial charge in [-0.15, -0.1) is 0 Å². The van der Waals surface area contributed by atoms with E-state index in [1.807, 2.05) is 18.2 Å². The molecule has 2 aromatic carbocycles. The monoisotopic (exact) mass is 615 g/mol. The largest absolute Gasteiger partial charge is 0.375 e. The summed E-state index contributed by atoms with van der Waals surface area (Å²) in [6, 6.07) is 12.7. The number of hydrogen-bond donors (Lipinski definition) is 1. The fraction of sp³-hybridized carbons (Fsp3) is 0.485. The number of aromatic nitrogens is 1. The fourth-order valence-corrected chi connectivity index (χ4v) is 5.86. The number of ketones is 1. The summed E-state index contributed by atoms with van der Waals surface area (Å²) >= 11 is 5.85. The summed E-state index contributed by atoms with van der Waals surface area (Å²) in [6.07, 6.45) is 2.00. The number of Topliss-reactive ketones (excluding diaryl/α,β-unsaturated/α-hetero) is 1. The standard InChI is InChI=1S/C23H27F2N3O4.C10H13Cl/c1-14(29)10-23(12-28(13-23)16-6-7-31-22(2,3)11-16)26-21(30)19-9-20(32-27-19)17-5-4-15(24)8-18(17)25;1-10(2,3)8-5-4-6-9(11)7-8/h4-5,8-9,16H,6-7,10-13H2,1-3H3,(H,26,30);4-7H,1-3H3. The van der Waals surface area contributed by atoms with Gasteiger partial charge in [0.2, 0.25) is 0 Å². The zero-order valence-corrected chi connectivity index (χ0v) is 26.4. The van der Waals surface area contributed by atoms with E-state index in [0.717, 1.165) is 30.0 Å². The fourth-order valence-electron chi connectivity index (χ4n) is 5.67. The Hall–Kier alpha value is -3.14. The quantitative estimate of drug-likeness (QED) is 0.322. The average Bonchev–Trinajstić information content (AvgIpc) is 3.36. The van der Waals surface area contributed by atoms with Gasteiger partial charge in [-0.25, -0.2) is 8.78 Å². The molecule has 43 heavy (non-hydrogen) atoms. The van der Waals surface area contributed by atoms with Crippen molar-refractivity contribution in [3.05, 3.63) is 76.4 Å². The van der Waals surface area contributed by atoms with Gasteiger partial charge in [0.25, 0.3) is 5.91 Å². The van der Waals surface area contributed by atoms with Gasteiger partial charge in [0, 0.05) is 49.3 Å². The van der Waals surface area contributed by atoms with E-state index in [1.165, 1.54) is 24.6 Å². The lowest BCUT2D eigenvalue weighted by Crippen LogP contribution is -2.73. The molecule has 2 aliphatic heterocycles. The highest BCUT2D eigenvalue weighted by Crippen LogP contribution is 2.35. The van der Waals surface area contributed by atoms with Crippen LogP contribution in [0, 0.1) is 11.6 Å². The predicted octanol–water partition coefficient (Wildman–Crippen LogP) is 6.98. The van der Waals surface area contributed by atoms with Crippen molar-refractivity contribution in [2.75, 3.05) is 19.7 Å². The van der Waals surface area contributed by atoms with Crippen molar-refractivity contribution in [2.45, 2.75) is 83.4 Å². The molecule has 0 aliphatic carbocycles. The Morgan fingerprint density at radius 2 is 1.84 bits per heavy atom. The average molecular weight is 616 g/mol. The smallest absolute Gasteiger partial charge is 0.274 e. The number of benzene rings is 2. The minimum atomic E-state index is -0.810. The van der Waals surface area contributed by atoms with Gasteiger partial charge in [-0.3, -0.25) is 14.5 Å². The summed E-state index contributed by atoms with van der Waals surface area (Å²) in [4.78, 5) is 27.1.